The number of aromatic nitrogens is 1. The number of pyridine rings is 1. The van der Waals surface area contributed by atoms with Crippen LogP contribution in [0.5, 0.6) is 5.75 Å². The molecule has 14 heavy (non-hydrogen) atoms. The highest BCUT2D eigenvalue weighted by atomic mass is 16.5. The van der Waals surface area contributed by atoms with Crippen LogP contribution < -0.4 is 4.74 Å². The van der Waals surface area contributed by atoms with Gasteiger partial charge in [-0.1, -0.05) is 0 Å². The first-order valence-electron chi connectivity index (χ1n) is 4.19. The number of ether oxygens (including phenoxy) is 1. The summed E-state index contributed by atoms with van der Waals surface area (Å²) in [5, 5.41) is 19.8. The second kappa shape index (κ2) is 2.16. The zero-order valence-corrected chi connectivity index (χ0v) is 7.14. The lowest BCUT2D eigenvalue weighted by Crippen LogP contribution is -2.25. The van der Waals surface area contributed by atoms with Crippen LogP contribution in [-0.4, -0.2) is 15.2 Å². The molecular formula is C10H7NO3. The van der Waals surface area contributed by atoms with Crippen LogP contribution >= 0.6 is 0 Å². The van der Waals surface area contributed by atoms with Crippen molar-refractivity contribution in [2.24, 2.45) is 0 Å². The largest absolute Gasteiger partial charge is 0.508 e. The molecule has 1 aliphatic carbocycles. The Hall–Kier alpha value is -1.81. The van der Waals surface area contributed by atoms with E-state index in [9.17, 15) is 10.2 Å². The first kappa shape index (κ1) is 7.58. The van der Waals surface area contributed by atoms with E-state index in [1.807, 2.05) is 0 Å². The van der Waals surface area contributed by atoms with E-state index in [0.29, 0.717) is 17.1 Å². The molecule has 0 saturated heterocycles. The number of rotatable bonds is 0. The van der Waals surface area contributed by atoms with E-state index >= 15 is 0 Å². The van der Waals surface area contributed by atoms with Gasteiger partial charge in [0.15, 0.2) is 0 Å². The van der Waals surface area contributed by atoms with E-state index in [2.05, 4.69) is 4.98 Å². The fourth-order valence-electron chi connectivity index (χ4n) is 1.76. The Morgan fingerprint density at radius 1 is 1.36 bits per heavy atom. The molecule has 1 aliphatic heterocycles. The topological polar surface area (TPSA) is 62.6 Å². The predicted octanol–water partition coefficient (Wildman–Crippen LogP) is 1.00. The monoisotopic (exact) mass is 189 g/mol. The fourth-order valence-corrected chi connectivity index (χ4v) is 1.76. The first-order valence-corrected chi connectivity index (χ1v) is 4.19. The quantitative estimate of drug-likeness (QED) is 0.639. The number of allylic oxidation sites excluding steroid dienone is 2. The van der Waals surface area contributed by atoms with E-state index in [4.69, 9.17) is 4.74 Å². The van der Waals surface area contributed by atoms with Crippen molar-refractivity contribution in [2.75, 3.05) is 0 Å². The smallest absolute Gasteiger partial charge is 0.210 e. The maximum absolute atomic E-state index is 10.2. The van der Waals surface area contributed by atoms with Gasteiger partial charge in [-0.2, -0.15) is 0 Å². The minimum atomic E-state index is -1.51. The van der Waals surface area contributed by atoms with E-state index < -0.39 is 5.60 Å². The first-order chi connectivity index (χ1) is 6.73. The summed E-state index contributed by atoms with van der Waals surface area (Å²) in [6.45, 7) is 0. The normalized spacial score (nSPS) is 27.5. The van der Waals surface area contributed by atoms with E-state index in [1.54, 1.807) is 18.3 Å². The molecule has 2 aliphatic rings. The summed E-state index contributed by atoms with van der Waals surface area (Å²) in [7, 11) is 0. The van der Waals surface area contributed by atoms with Crippen molar-refractivity contribution >= 4 is 0 Å². The Morgan fingerprint density at radius 3 is 3.07 bits per heavy atom. The third-order valence-corrected chi connectivity index (χ3v) is 2.51. The van der Waals surface area contributed by atoms with Gasteiger partial charge in [0.2, 0.25) is 5.60 Å². The van der Waals surface area contributed by atoms with E-state index in [0.717, 1.165) is 0 Å². The van der Waals surface area contributed by atoms with Crippen molar-refractivity contribution in [3.8, 4) is 5.75 Å². The molecule has 4 heteroatoms. The minimum Gasteiger partial charge on any atom is -0.508 e. The highest BCUT2D eigenvalue weighted by Crippen LogP contribution is 2.49. The molecule has 0 fully saturated rings. The molecule has 70 valence electrons. The highest BCUT2D eigenvalue weighted by molar-refractivity contribution is 5.55. The van der Waals surface area contributed by atoms with Crippen molar-refractivity contribution < 1.29 is 14.9 Å². The summed E-state index contributed by atoms with van der Waals surface area (Å²) in [4.78, 5) is 3.89. The van der Waals surface area contributed by atoms with E-state index in [1.165, 1.54) is 12.3 Å². The summed E-state index contributed by atoms with van der Waals surface area (Å²) >= 11 is 0. The van der Waals surface area contributed by atoms with Gasteiger partial charge in [-0.3, -0.25) is 4.98 Å². The van der Waals surface area contributed by atoms with Crippen LogP contribution in [0.15, 0.2) is 42.1 Å². The molecule has 0 radical (unpaired) electrons. The van der Waals surface area contributed by atoms with Crippen molar-refractivity contribution in [3.63, 3.8) is 0 Å². The van der Waals surface area contributed by atoms with Gasteiger partial charge in [0, 0.05) is 12.4 Å². The second-order valence-corrected chi connectivity index (χ2v) is 3.27. The molecule has 0 bridgehead atoms. The molecule has 2 N–H and O–H groups in total. The number of aliphatic hydroxyl groups is 2. The van der Waals surface area contributed by atoms with Crippen LogP contribution in [0.1, 0.15) is 5.56 Å². The zero-order chi connectivity index (χ0) is 9.76. The van der Waals surface area contributed by atoms with Crippen LogP contribution in [-0.2, 0) is 5.60 Å². The van der Waals surface area contributed by atoms with Crippen LogP contribution in [0, 0.1) is 0 Å². The summed E-state index contributed by atoms with van der Waals surface area (Å²) in [5.74, 6) is 0.741. The molecule has 1 atom stereocenters. The van der Waals surface area contributed by atoms with Gasteiger partial charge in [0.05, 0.1) is 5.56 Å². The zero-order valence-electron chi connectivity index (χ0n) is 7.14. The summed E-state index contributed by atoms with van der Waals surface area (Å²) < 4.78 is 5.36. The number of hydrogen-bond acceptors (Lipinski definition) is 4. The standard InChI is InChI=1S/C10H7NO3/c12-8-1-2-9-10(8,13)6-5-11-4-3-7(6)14-9/h1-5,12-13H. The molecule has 1 unspecified atom stereocenters. The maximum Gasteiger partial charge on any atom is 0.210 e. The van der Waals surface area contributed by atoms with Crippen LogP contribution in [0.4, 0.5) is 0 Å². The molecule has 1 aromatic heterocycles. The lowest BCUT2D eigenvalue weighted by atomic mass is 9.96. The minimum absolute atomic E-state index is 0.126. The van der Waals surface area contributed by atoms with E-state index in [-0.39, 0.29) is 5.76 Å². The van der Waals surface area contributed by atoms with Crippen LogP contribution in [0.2, 0.25) is 0 Å². The molecule has 3 rings (SSSR count). The Morgan fingerprint density at radius 2 is 2.21 bits per heavy atom. The number of aliphatic hydroxyl groups excluding tert-OH is 1. The Balaban J connectivity index is 2.29. The van der Waals surface area contributed by atoms with Gasteiger partial charge >= 0.3 is 0 Å². The Kier molecular flexibility index (Phi) is 1.17. The fraction of sp³-hybridized carbons (Fsp3) is 0.100. The molecule has 0 amide bonds. The number of fused-ring (bicyclic) bond motifs is 3. The SMILES string of the molecule is OC1=CC=C2Oc3ccncc3C12O. The van der Waals surface area contributed by atoms with Crippen molar-refractivity contribution in [3.05, 3.63) is 47.7 Å². The van der Waals surface area contributed by atoms with Gasteiger partial charge in [-0.25, -0.2) is 0 Å². The van der Waals surface area contributed by atoms with Gasteiger partial charge in [-0.05, 0) is 18.2 Å². The molecule has 0 aromatic carbocycles. The Bertz CT molecular complexity index is 478. The van der Waals surface area contributed by atoms with Gasteiger partial charge in [-0.15, -0.1) is 0 Å². The lowest BCUT2D eigenvalue weighted by Gasteiger charge is -2.17. The molecular weight excluding hydrogens is 182 g/mol. The molecule has 2 heterocycles. The lowest BCUT2D eigenvalue weighted by molar-refractivity contribution is 0.0581. The molecule has 0 saturated carbocycles. The predicted molar refractivity (Wildman–Crippen MR) is 47.6 cm³/mol. The Labute approximate surface area is 79.8 Å². The van der Waals surface area contributed by atoms with Crippen molar-refractivity contribution in [1.82, 2.24) is 4.98 Å². The summed E-state index contributed by atoms with van der Waals surface area (Å²) in [6, 6.07) is 1.65. The third kappa shape index (κ3) is 0.657. The van der Waals surface area contributed by atoms with Crippen molar-refractivity contribution in [1.29, 1.82) is 0 Å². The maximum atomic E-state index is 10.2. The summed E-state index contributed by atoms with van der Waals surface area (Å²) in [6.07, 6.45) is 6.04. The molecule has 1 aromatic rings. The molecule has 0 spiro atoms. The van der Waals surface area contributed by atoms with Crippen molar-refractivity contribution in [2.45, 2.75) is 5.60 Å². The van der Waals surface area contributed by atoms with Gasteiger partial charge < -0.3 is 14.9 Å². The average molecular weight is 189 g/mol. The highest BCUT2D eigenvalue weighted by Gasteiger charge is 2.50. The average Bonchev–Trinajstić information content (AvgIpc) is 2.63. The second-order valence-electron chi connectivity index (χ2n) is 3.27. The number of nitrogens with zero attached hydrogens (tertiary/aromatic N) is 1. The van der Waals surface area contributed by atoms with Crippen LogP contribution in [0.3, 0.4) is 0 Å². The summed E-state index contributed by atoms with van der Waals surface area (Å²) in [5.41, 5.74) is -1.03. The van der Waals surface area contributed by atoms with Gasteiger partial charge in [0.1, 0.15) is 17.3 Å². The number of hydrogen-bond donors (Lipinski definition) is 2. The van der Waals surface area contributed by atoms with Gasteiger partial charge in [0.25, 0.3) is 0 Å². The third-order valence-electron chi connectivity index (χ3n) is 2.51. The molecule has 4 nitrogen and oxygen atoms in total. The van der Waals surface area contributed by atoms with Crippen LogP contribution in [0.25, 0.3) is 0 Å².